The third-order valence-electron chi connectivity index (χ3n) is 4.92. The van der Waals surface area contributed by atoms with Gasteiger partial charge in [0.1, 0.15) is 5.82 Å². The number of aromatic nitrogens is 3. The molecule has 0 fully saturated rings. The van der Waals surface area contributed by atoms with Crippen molar-refractivity contribution < 1.29 is 13.9 Å². The van der Waals surface area contributed by atoms with Crippen LogP contribution in [-0.2, 0) is 17.0 Å². The van der Waals surface area contributed by atoms with Gasteiger partial charge in [0.25, 0.3) is 5.91 Å². The summed E-state index contributed by atoms with van der Waals surface area (Å²) in [4.78, 5) is 21.1. The Kier molecular flexibility index (Phi) is 7.14. The molecule has 0 aliphatic carbocycles. The Morgan fingerprint density at radius 2 is 2.00 bits per heavy atom. The number of methoxy groups -OCH3 is 1. The third kappa shape index (κ3) is 5.33. The van der Waals surface area contributed by atoms with E-state index in [1.54, 1.807) is 37.3 Å². The van der Waals surface area contributed by atoms with Gasteiger partial charge in [0.2, 0.25) is 0 Å². The van der Waals surface area contributed by atoms with Crippen molar-refractivity contribution in [2.45, 2.75) is 17.5 Å². The lowest BCUT2D eigenvalue weighted by molar-refractivity contribution is 0.0937. The maximum absolute atomic E-state index is 13.7. The average Bonchev–Trinajstić information content (AvgIpc) is 3.15. The molecule has 32 heavy (non-hydrogen) atoms. The van der Waals surface area contributed by atoms with Crippen LogP contribution in [-0.4, -0.2) is 40.7 Å². The lowest BCUT2D eigenvalue weighted by atomic mass is 10.1. The first-order valence-electron chi connectivity index (χ1n) is 10.2. The van der Waals surface area contributed by atoms with Gasteiger partial charge in [-0.05, 0) is 41.5 Å². The van der Waals surface area contributed by atoms with E-state index in [0.29, 0.717) is 31.0 Å². The summed E-state index contributed by atoms with van der Waals surface area (Å²) in [5.41, 5.74) is 4.30. The largest absolute Gasteiger partial charge is 0.383 e. The zero-order chi connectivity index (χ0) is 22.3. The van der Waals surface area contributed by atoms with Crippen molar-refractivity contribution in [3.8, 4) is 0 Å². The van der Waals surface area contributed by atoms with Gasteiger partial charge < -0.3 is 14.6 Å². The number of nitrogens with zero attached hydrogens (tertiary/aromatic N) is 3. The van der Waals surface area contributed by atoms with E-state index in [-0.39, 0.29) is 11.7 Å². The lowest BCUT2D eigenvalue weighted by Gasteiger charge is -2.10. The van der Waals surface area contributed by atoms with Gasteiger partial charge in [-0.1, -0.05) is 36.0 Å². The fraction of sp³-hybridized carbons (Fsp3) is 0.208. The highest BCUT2D eigenvalue weighted by atomic mass is 32.2. The molecular formula is C24H23FN4O2S. The number of imidazole rings is 1. The molecule has 0 aliphatic rings. The van der Waals surface area contributed by atoms with E-state index >= 15 is 0 Å². The molecule has 0 saturated carbocycles. The number of amides is 1. The normalized spacial score (nSPS) is 11.1. The number of thioether (sulfide) groups is 1. The molecule has 6 nitrogen and oxygen atoms in total. The number of hydrogen-bond donors (Lipinski definition) is 1. The average molecular weight is 451 g/mol. The second-order valence-corrected chi connectivity index (χ2v) is 8.15. The number of pyridine rings is 1. The number of benzene rings is 2. The Labute approximate surface area is 189 Å². The molecule has 1 N–H and O–H groups in total. The van der Waals surface area contributed by atoms with Crippen molar-refractivity contribution in [1.29, 1.82) is 0 Å². The van der Waals surface area contributed by atoms with Crippen LogP contribution >= 0.6 is 11.8 Å². The van der Waals surface area contributed by atoms with Gasteiger partial charge in [0.05, 0.1) is 30.4 Å². The Morgan fingerprint density at radius 3 is 2.78 bits per heavy atom. The highest BCUT2D eigenvalue weighted by Crippen LogP contribution is 2.27. The van der Waals surface area contributed by atoms with Crippen LogP contribution in [0, 0.1) is 5.82 Å². The number of rotatable bonds is 9. The minimum atomic E-state index is -0.259. The summed E-state index contributed by atoms with van der Waals surface area (Å²) < 4.78 is 20.7. The summed E-state index contributed by atoms with van der Waals surface area (Å²) in [6, 6.07) is 16.0. The van der Waals surface area contributed by atoms with Crippen molar-refractivity contribution in [2.24, 2.45) is 0 Å². The minimum Gasteiger partial charge on any atom is -0.383 e. The number of nitrogens with one attached hydrogen (secondary N) is 1. The number of fused-ring (bicyclic) bond motifs is 1. The predicted molar refractivity (Wildman–Crippen MR) is 123 cm³/mol. The van der Waals surface area contributed by atoms with E-state index in [1.165, 1.54) is 12.1 Å². The molecule has 2 heterocycles. The summed E-state index contributed by atoms with van der Waals surface area (Å²) in [5, 5.41) is 3.64. The molecule has 8 heteroatoms. The van der Waals surface area contributed by atoms with Crippen LogP contribution in [0.3, 0.4) is 0 Å². The molecule has 0 atom stereocenters. The first-order chi connectivity index (χ1) is 15.6. The second-order valence-electron chi connectivity index (χ2n) is 7.21. The molecule has 164 valence electrons. The van der Waals surface area contributed by atoms with E-state index in [9.17, 15) is 9.18 Å². The number of carbonyl (C=O) groups is 1. The van der Waals surface area contributed by atoms with Crippen molar-refractivity contribution in [3.05, 3.63) is 89.5 Å². The molecule has 0 unspecified atom stereocenters. The van der Waals surface area contributed by atoms with E-state index in [4.69, 9.17) is 9.72 Å². The lowest BCUT2D eigenvalue weighted by Crippen LogP contribution is -2.26. The van der Waals surface area contributed by atoms with Gasteiger partial charge in [-0.15, -0.1) is 0 Å². The molecule has 0 aliphatic heterocycles. The highest BCUT2D eigenvalue weighted by molar-refractivity contribution is 7.98. The van der Waals surface area contributed by atoms with Gasteiger partial charge in [-0.25, -0.2) is 9.37 Å². The van der Waals surface area contributed by atoms with E-state index < -0.39 is 0 Å². The first-order valence-corrected chi connectivity index (χ1v) is 11.2. The number of hydrogen-bond acceptors (Lipinski definition) is 5. The number of ether oxygens (including phenoxy) is 1. The van der Waals surface area contributed by atoms with Crippen LogP contribution in [0.15, 0.2) is 72.1 Å². The fourth-order valence-corrected chi connectivity index (χ4v) is 4.27. The highest BCUT2D eigenvalue weighted by Gasteiger charge is 2.13. The molecule has 0 radical (unpaired) electrons. The summed E-state index contributed by atoms with van der Waals surface area (Å²) in [6.07, 6.45) is 3.50. The van der Waals surface area contributed by atoms with Crippen molar-refractivity contribution >= 4 is 28.7 Å². The molecule has 2 aromatic heterocycles. The molecule has 0 bridgehead atoms. The molecule has 4 rings (SSSR count). The van der Waals surface area contributed by atoms with Gasteiger partial charge in [0, 0.05) is 31.2 Å². The van der Waals surface area contributed by atoms with Gasteiger partial charge >= 0.3 is 0 Å². The summed E-state index contributed by atoms with van der Waals surface area (Å²) >= 11 is 1.59. The molecule has 0 saturated heterocycles. The van der Waals surface area contributed by atoms with Crippen molar-refractivity contribution in [1.82, 2.24) is 19.9 Å². The Bertz CT molecular complexity index is 1210. The van der Waals surface area contributed by atoms with Gasteiger partial charge in [-0.2, -0.15) is 0 Å². The predicted octanol–water partition coefficient (Wildman–Crippen LogP) is 4.29. The number of halogens is 1. The third-order valence-corrected chi connectivity index (χ3v) is 5.97. The maximum atomic E-state index is 13.7. The van der Waals surface area contributed by atoms with Crippen LogP contribution in [0.5, 0.6) is 0 Å². The standard InChI is InChI=1S/C24H23FN4O2S/c1-31-12-11-27-23(30)19-7-5-17(6-8-19)16-32-24-28-21-9-10-26-14-22(21)29(24)15-18-3-2-4-20(25)13-18/h2-10,13-14H,11-12,15-16H2,1H3,(H,27,30). The summed E-state index contributed by atoms with van der Waals surface area (Å²) in [5.74, 6) is 0.308. The summed E-state index contributed by atoms with van der Waals surface area (Å²) in [7, 11) is 1.60. The van der Waals surface area contributed by atoms with E-state index in [1.807, 2.05) is 36.4 Å². The second kappa shape index (κ2) is 10.4. The van der Waals surface area contributed by atoms with Crippen LogP contribution in [0.25, 0.3) is 11.0 Å². The molecule has 0 spiro atoms. The van der Waals surface area contributed by atoms with Crippen LogP contribution < -0.4 is 5.32 Å². The quantitative estimate of drug-likeness (QED) is 0.304. The fourth-order valence-electron chi connectivity index (χ4n) is 3.30. The van der Waals surface area contributed by atoms with Gasteiger partial charge in [-0.3, -0.25) is 9.78 Å². The smallest absolute Gasteiger partial charge is 0.251 e. The zero-order valence-corrected chi connectivity index (χ0v) is 18.4. The van der Waals surface area contributed by atoms with Crippen LogP contribution in [0.2, 0.25) is 0 Å². The SMILES string of the molecule is COCCNC(=O)c1ccc(CSc2nc3ccncc3n2Cc2cccc(F)c2)cc1. The molecule has 2 aromatic carbocycles. The Morgan fingerprint density at radius 1 is 1.16 bits per heavy atom. The Hall–Kier alpha value is -3.23. The van der Waals surface area contributed by atoms with Crippen LogP contribution in [0.1, 0.15) is 21.5 Å². The molecule has 1 amide bonds. The van der Waals surface area contributed by atoms with E-state index in [2.05, 4.69) is 14.9 Å². The minimum absolute atomic E-state index is 0.120. The first kappa shape index (κ1) is 22.0. The monoisotopic (exact) mass is 450 g/mol. The van der Waals surface area contributed by atoms with E-state index in [0.717, 1.165) is 27.3 Å². The number of carbonyl (C=O) groups excluding carboxylic acids is 1. The van der Waals surface area contributed by atoms with Crippen LogP contribution in [0.4, 0.5) is 4.39 Å². The summed E-state index contributed by atoms with van der Waals surface area (Å²) in [6.45, 7) is 1.46. The maximum Gasteiger partial charge on any atom is 0.251 e. The zero-order valence-electron chi connectivity index (χ0n) is 17.6. The molecular weight excluding hydrogens is 427 g/mol. The Balaban J connectivity index is 1.49. The van der Waals surface area contributed by atoms with Crippen molar-refractivity contribution in [2.75, 3.05) is 20.3 Å². The topological polar surface area (TPSA) is 69.0 Å². The van der Waals surface area contributed by atoms with Crippen molar-refractivity contribution in [3.63, 3.8) is 0 Å². The van der Waals surface area contributed by atoms with Gasteiger partial charge in [0.15, 0.2) is 5.16 Å². The molecule has 4 aromatic rings.